The molecule has 0 aliphatic heterocycles. The maximum Gasteiger partial charge on any atom is 0.0464 e. The summed E-state index contributed by atoms with van der Waals surface area (Å²) in [7, 11) is 1.97. The van der Waals surface area contributed by atoms with Crippen molar-refractivity contribution < 1.29 is 5.11 Å². The molecule has 0 spiro atoms. The Morgan fingerprint density at radius 1 is 1.38 bits per heavy atom. The van der Waals surface area contributed by atoms with E-state index in [4.69, 9.17) is 5.11 Å². The van der Waals surface area contributed by atoms with Gasteiger partial charge in [0.25, 0.3) is 0 Å². The molecular weight excluding hydrogens is 218 g/mol. The lowest BCUT2D eigenvalue weighted by atomic mass is 10.1. The highest BCUT2D eigenvalue weighted by Gasteiger charge is 2.05. The first-order valence-electron chi connectivity index (χ1n) is 5.68. The van der Waals surface area contributed by atoms with Crippen LogP contribution in [-0.2, 0) is 0 Å². The number of benzene rings is 1. The zero-order valence-electron chi connectivity index (χ0n) is 10.2. The third-order valence-electron chi connectivity index (χ3n) is 2.64. The zero-order chi connectivity index (χ0) is 12.0. The Morgan fingerprint density at radius 3 is 2.75 bits per heavy atom. The molecule has 1 aromatic carbocycles. The van der Waals surface area contributed by atoms with Gasteiger partial charge in [0.15, 0.2) is 0 Å². The third-order valence-corrected chi connectivity index (χ3v) is 3.96. The van der Waals surface area contributed by atoms with Crippen LogP contribution in [0.3, 0.4) is 0 Å². The molecule has 1 aromatic rings. The van der Waals surface area contributed by atoms with Crippen molar-refractivity contribution in [1.82, 2.24) is 5.32 Å². The second kappa shape index (κ2) is 6.94. The first-order chi connectivity index (χ1) is 7.67. The van der Waals surface area contributed by atoms with E-state index in [0.717, 1.165) is 5.75 Å². The Hall–Kier alpha value is -0.510. The summed E-state index contributed by atoms with van der Waals surface area (Å²) in [6, 6.07) is 8.96. The fraction of sp³-hybridized carbons (Fsp3) is 0.538. The number of hydrogen-bond donors (Lipinski definition) is 2. The molecule has 0 aliphatic carbocycles. The van der Waals surface area contributed by atoms with Gasteiger partial charge in [0, 0.05) is 23.3 Å². The minimum atomic E-state index is 0.264. The van der Waals surface area contributed by atoms with Gasteiger partial charge in [0.05, 0.1) is 0 Å². The summed E-state index contributed by atoms with van der Waals surface area (Å²) in [6.07, 6.45) is 0. The number of aliphatic hydroxyl groups is 1. The molecule has 0 bridgehead atoms. The van der Waals surface area contributed by atoms with Gasteiger partial charge in [-0.3, -0.25) is 0 Å². The summed E-state index contributed by atoms with van der Waals surface area (Å²) < 4.78 is 0. The van der Waals surface area contributed by atoms with E-state index in [1.165, 1.54) is 10.5 Å². The van der Waals surface area contributed by atoms with Gasteiger partial charge in [-0.25, -0.2) is 0 Å². The van der Waals surface area contributed by atoms with Crippen LogP contribution in [0.4, 0.5) is 0 Å². The van der Waals surface area contributed by atoms with Crippen molar-refractivity contribution in [3.63, 3.8) is 0 Å². The van der Waals surface area contributed by atoms with Gasteiger partial charge >= 0.3 is 0 Å². The molecule has 0 radical (unpaired) electrons. The molecule has 16 heavy (non-hydrogen) atoms. The number of hydrogen-bond acceptors (Lipinski definition) is 3. The Morgan fingerprint density at radius 2 is 2.12 bits per heavy atom. The molecule has 0 amide bonds. The van der Waals surface area contributed by atoms with E-state index in [0.29, 0.717) is 12.0 Å². The fourth-order valence-electron chi connectivity index (χ4n) is 1.33. The largest absolute Gasteiger partial charge is 0.396 e. The smallest absolute Gasteiger partial charge is 0.0464 e. The van der Waals surface area contributed by atoms with Gasteiger partial charge in [-0.2, -0.15) is 0 Å². The Balaban J connectivity index is 2.60. The molecule has 3 heteroatoms. The normalized spacial score (nSPS) is 14.8. The third kappa shape index (κ3) is 4.16. The molecule has 2 atom stereocenters. The molecule has 2 unspecified atom stereocenters. The second-order valence-corrected chi connectivity index (χ2v) is 5.28. The van der Waals surface area contributed by atoms with E-state index in [2.05, 4.69) is 43.4 Å². The SMILES string of the molecule is CNC(C)c1cccc(SCC(C)CO)c1. The van der Waals surface area contributed by atoms with Crippen LogP contribution in [0.25, 0.3) is 0 Å². The molecule has 0 saturated heterocycles. The lowest BCUT2D eigenvalue weighted by molar-refractivity contribution is 0.250. The Labute approximate surface area is 102 Å². The van der Waals surface area contributed by atoms with E-state index >= 15 is 0 Å². The molecule has 2 N–H and O–H groups in total. The highest BCUT2D eigenvalue weighted by molar-refractivity contribution is 7.99. The van der Waals surface area contributed by atoms with Gasteiger partial charge in [-0.1, -0.05) is 19.1 Å². The average Bonchev–Trinajstić information content (AvgIpc) is 2.35. The van der Waals surface area contributed by atoms with Gasteiger partial charge in [-0.15, -0.1) is 11.8 Å². The zero-order valence-corrected chi connectivity index (χ0v) is 11.1. The van der Waals surface area contributed by atoms with Crippen LogP contribution in [0.5, 0.6) is 0 Å². The van der Waals surface area contributed by atoms with Crippen LogP contribution >= 0.6 is 11.8 Å². The summed E-state index contributed by atoms with van der Waals surface area (Å²) in [5.41, 5.74) is 1.31. The highest BCUT2D eigenvalue weighted by Crippen LogP contribution is 2.23. The van der Waals surface area contributed by atoms with Crippen molar-refractivity contribution in [3.05, 3.63) is 29.8 Å². The molecule has 0 aromatic heterocycles. The van der Waals surface area contributed by atoms with Crippen LogP contribution < -0.4 is 5.32 Å². The van der Waals surface area contributed by atoms with Crippen molar-refractivity contribution in [2.24, 2.45) is 5.92 Å². The van der Waals surface area contributed by atoms with Crippen molar-refractivity contribution in [2.75, 3.05) is 19.4 Å². The molecule has 1 rings (SSSR count). The van der Waals surface area contributed by atoms with Crippen LogP contribution in [0.2, 0.25) is 0 Å². The standard InChI is InChI=1S/C13H21NOS/c1-10(8-15)9-16-13-6-4-5-12(7-13)11(2)14-3/h4-7,10-11,14-15H,8-9H2,1-3H3. The summed E-state index contributed by atoms with van der Waals surface area (Å²) >= 11 is 1.81. The Bertz CT molecular complexity index is 317. The molecule has 0 fully saturated rings. The van der Waals surface area contributed by atoms with E-state index < -0.39 is 0 Å². The summed E-state index contributed by atoms with van der Waals surface area (Å²) in [6.45, 7) is 4.48. The van der Waals surface area contributed by atoms with E-state index in [9.17, 15) is 0 Å². The van der Waals surface area contributed by atoms with Gasteiger partial charge < -0.3 is 10.4 Å². The first kappa shape index (κ1) is 13.6. The van der Waals surface area contributed by atoms with Crippen molar-refractivity contribution in [2.45, 2.75) is 24.8 Å². The number of aliphatic hydroxyl groups excluding tert-OH is 1. The van der Waals surface area contributed by atoms with Crippen molar-refractivity contribution >= 4 is 11.8 Å². The monoisotopic (exact) mass is 239 g/mol. The topological polar surface area (TPSA) is 32.3 Å². The lowest BCUT2D eigenvalue weighted by Gasteiger charge is -2.12. The number of rotatable bonds is 6. The summed E-state index contributed by atoms with van der Waals surface area (Å²) in [5, 5.41) is 12.2. The van der Waals surface area contributed by atoms with E-state index in [-0.39, 0.29) is 6.61 Å². The second-order valence-electron chi connectivity index (χ2n) is 4.18. The molecular formula is C13H21NOS. The Kier molecular flexibility index (Phi) is 5.88. The van der Waals surface area contributed by atoms with Crippen LogP contribution in [0.15, 0.2) is 29.2 Å². The maximum absolute atomic E-state index is 8.97. The predicted molar refractivity (Wildman–Crippen MR) is 70.9 cm³/mol. The quantitative estimate of drug-likeness (QED) is 0.749. The number of thioether (sulfide) groups is 1. The predicted octanol–water partition coefficient (Wildman–Crippen LogP) is 2.69. The average molecular weight is 239 g/mol. The van der Waals surface area contributed by atoms with E-state index in [1.807, 2.05) is 18.8 Å². The first-order valence-corrected chi connectivity index (χ1v) is 6.66. The number of nitrogens with one attached hydrogen (secondary N) is 1. The minimum absolute atomic E-state index is 0.264. The van der Waals surface area contributed by atoms with Crippen LogP contribution in [0, 0.1) is 5.92 Å². The fourth-order valence-corrected chi connectivity index (χ4v) is 2.31. The maximum atomic E-state index is 8.97. The molecule has 0 heterocycles. The van der Waals surface area contributed by atoms with Gasteiger partial charge in [-0.05, 0) is 37.6 Å². The summed E-state index contributed by atoms with van der Waals surface area (Å²) in [5.74, 6) is 1.32. The van der Waals surface area contributed by atoms with Crippen molar-refractivity contribution in [1.29, 1.82) is 0 Å². The van der Waals surface area contributed by atoms with Crippen molar-refractivity contribution in [3.8, 4) is 0 Å². The molecule has 2 nitrogen and oxygen atoms in total. The van der Waals surface area contributed by atoms with Crippen LogP contribution in [-0.4, -0.2) is 24.5 Å². The molecule has 90 valence electrons. The minimum Gasteiger partial charge on any atom is -0.396 e. The molecule has 0 aliphatic rings. The molecule has 0 saturated carbocycles. The highest BCUT2D eigenvalue weighted by atomic mass is 32.2. The van der Waals surface area contributed by atoms with E-state index in [1.54, 1.807) is 0 Å². The lowest BCUT2D eigenvalue weighted by Crippen LogP contribution is -2.12. The van der Waals surface area contributed by atoms with Gasteiger partial charge in [0.1, 0.15) is 0 Å². The van der Waals surface area contributed by atoms with Gasteiger partial charge in [0.2, 0.25) is 0 Å². The van der Waals surface area contributed by atoms with Crippen LogP contribution in [0.1, 0.15) is 25.5 Å². The summed E-state index contributed by atoms with van der Waals surface area (Å²) in [4.78, 5) is 1.28.